The molecule has 0 saturated carbocycles. The number of carbonyl (C=O) groups excluding carboxylic acids is 4. The predicted molar refractivity (Wildman–Crippen MR) is 90.3 cm³/mol. The maximum absolute atomic E-state index is 12.4. The summed E-state index contributed by atoms with van der Waals surface area (Å²) in [7, 11) is -5.13. The normalized spacial score (nSPS) is 20.6. The number of nitrogens with zero attached hydrogens (tertiary/aromatic N) is 4. The van der Waals surface area contributed by atoms with Gasteiger partial charge in [-0.2, -0.15) is 9.35 Å². The quantitative estimate of drug-likeness (QED) is 0.219. The molecule has 2 bridgehead atoms. The third-order valence-corrected chi connectivity index (χ3v) is 4.88. The van der Waals surface area contributed by atoms with Gasteiger partial charge in [-0.1, -0.05) is 0 Å². The summed E-state index contributed by atoms with van der Waals surface area (Å²) in [4.78, 5) is 52.8. The standard InChI is InChI=1S/C14H18N6O8S.Na/c15-11(22)12-16-3-4-18(12)7-9(21)5-17-13(23)10-2-1-8-6-19(10)14(24)20(8)28-29(25,26)27;/h3-4,8,10H,1-2,5-7H2,(H2,15,22)(H,17,23)(H,25,26,27);/q;+1/p-1/t8-,10+;/m1./s1. The van der Waals surface area contributed by atoms with Gasteiger partial charge in [0.25, 0.3) is 5.91 Å². The molecule has 4 amide bonds. The number of rotatable bonds is 8. The van der Waals surface area contributed by atoms with Crippen molar-refractivity contribution in [3.63, 3.8) is 0 Å². The molecule has 2 aliphatic heterocycles. The van der Waals surface area contributed by atoms with Crippen molar-refractivity contribution < 1.29 is 66.0 Å². The molecule has 0 aliphatic carbocycles. The van der Waals surface area contributed by atoms with Crippen LogP contribution in [0.1, 0.15) is 23.5 Å². The first kappa shape index (κ1) is 24.2. The zero-order valence-corrected chi connectivity index (χ0v) is 18.7. The van der Waals surface area contributed by atoms with Crippen molar-refractivity contribution in [1.82, 2.24) is 24.8 Å². The first-order chi connectivity index (χ1) is 13.6. The van der Waals surface area contributed by atoms with Crippen LogP contribution in [-0.2, 0) is 30.8 Å². The van der Waals surface area contributed by atoms with Gasteiger partial charge in [-0.3, -0.25) is 14.4 Å². The molecule has 14 nitrogen and oxygen atoms in total. The Morgan fingerprint density at radius 1 is 1.33 bits per heavy atom. The van der Waals surface area contributed by atoms with Crippen molar-refractivity contribution in [2.75, 3.05) is 13.1 Å². The largest absolute Gasteiger partial charge is 1.00 e. The molecular formula is C14H17N6NaO8S. The van der Waals surface area contributed by atoms with E-state index in [1.54, 1.807) is 0 Å². The minimum Gasteiger partial charge on any atom is -0.724 e. The first-order valence-corrected chi connectivity index (χ1v) is 9.75. The van der Waals surface area contributed by atoms with Gasteiger partial charge in [0.05, 0.1) is 19.1 Å². The van der Waals surface area contributed by atoms with E-state index in [1.165, 1.54) is 17.0 Å². The maximum atomic E-state index is 12.4. The molecule has 2 fully saturated rings. The monoisotopic (exact) mass is 452 g/mol. The van der Waals surface area contributed by atoms with Crippen LogP contribution in [-0.4, -0.2) is 81.3 Å². The second kappa shape index (κ2) is 9.40. The Morgan fingerprint density at radius 3 is 2.67 bits per heavy atom. The van der Waals surface area contributed by atoms with E-state index in [4.69, 9.17) is 5.73 Å². The van der Waals surface area contributed by atoms with Crippen LogP contribution in [0.15, 0.2) is 12.4 Å². The SMILES string of the molecule is NC(=O)c1nccn1CC(=O)CNC(=O)[C@@H]1CC[C@@H]2CN1C(=O)N2OS(=O)(=O)[O-].[Na+]. The summed E-state index contributed by atoms with van der Waals surface area (Å²) in [5, 5.41) is 2.87. The van der Waals surface area contributed by atoms with Crippen molar-refractivity contribution in [2.24, 2.45) is 5.73 Å². The van der Waals surface area contributed by atoms with Crippen molar-refractivity contribution in [3.05, 3.63) is 18.2 Å². The molecule has 0 spiro atoms. The first-order valence-electron chi connectivity index (χ1n) is 8.42. The van der Waals surface area contributed by atoms with Crippen LogP contribution in [0, 0.1) is 0 Å². The van der Waals surface area contributed by atoms with Crippen LogP contribution in [0.5, 0.6) is 0 Å². The van der Waals surface area contributed by atoms with Gasteiger partial charge >= 0.3 is 35.6 Å². The zero-order valence-electron chi connectivity index (χ0n) is 15.9. The number of piperidine rings is 1. The minimum absolute atomic E-state index is 0. The topological polar surface area (TPSA) is 197 Å². The number of fused-ring (bicyclic) bond motifs is 2. The number of hydrogen-bond acceptors (Lipinski definition) is 9. The van der Waals surface area contributed by atoms with Gasteiger partial charge in [0.15, 0.2) is 11.6 Å². The minimum atomic E-state index is -5.13. The number of hydroxylamine groups is 2. The Kier molecular flexibility index (Phi) is 7.59. The number of carbonyl (C=O) groups is 4. The predicted octanol–water partition coefficient (Wildman–Crippen LogP) is -5.67. The van der Waals surface area contributed by atoms with E-state index in [9.17, 15) is 32.1 Å². The molecule has 3 N–H and O–H groups in total. The number of nitrogens with one attached hydrogen (secondary N) is 1. The molecule has 16 heteroatoms. The van der Waals surface area contributed by atoms with E-state index in [1.807, 2.05) is 0 Å². The van der Waals surface area contributed by atoms with E-state index in [2.05, 4.69) is 14.6 Å². The summed E-state index contributed by atoms with van der Waals surface area (Å²) in [6, 6.07) is -2.52. The number of nitrogens with two attached hydrogens (primary N) is 1. The van der Waals surface area contributed by atoms with Gasteiger partial charge in [-0.25, -0.2) is 18.2 Å². The number of amides is 4. The van der Waals surface area contributed by atoms with E-state index in [-0.39, 0.29) is 67.9 Å². The zero-order chi connectivity index (χ0) is 21.3. The molecule has 3 rings (SSSR count). The van der Waals surface area contributed by atoms with Crippen molar-refractivity contribution >= 4 is 34.0 Å². The van der Waals surface area contributed by atoms with Crippen molar-refractivity contribution in [2.45, 2.75) is 31.5 Å². The molecular weight excluding hydrogens is 435 g/mol. The Labute approximate surface area is 192 Å². The Balaban J connectivity index is 0.00000320. The number of aromatic nitrogens is 2. The molecule has 2 saturated heterocycles. The molecule has 0 radical (unpaired) electrons. The fourth-order valence-corrected chi connectivity index (χ4v) is 3.69. The summed E-state index contributed by atoms with van der Waals surface area (Å²) in [5.41, 5.74) is 5.14. The van der Waals surface area contributed by atoms with Crippen LogP contribution < -0.4 is 40.6 Å². The average Bonchev–Trinajstić information content (AvgIpc) is 3.18. The van der Waals surface area contributed by atoms with Gasteiger partial charge in [-0.05, 0) is 12.8 Å². The average molecular weight is 452 g/mol. The Morgan fingerprint density at radius 2 is 2.03 bits per heavy atom. The third-order valence-electron chi connectivity index (χ3n) is 4.54. The van der Waals surface area contributed by atoms with Crippen molar-refractivity contribution in [1.29, 1.82) is 0 Å². The van der Waals surface area contributed by atoms with Crippen molar-refractivity contribution in [3.8, 4) is 0 Å². The van der Waals surface area contributed by atoms with E-state index in [0.717, 1.165) is 4.90 Å². The van der Waals surface area contributed by atoms with Crippen LogP contribution in [0.3, 0.4) is 0 Å². The molecule has 3 heterocycles. The van der Waals surface area contributed by atoms with E-state index in [0.29, 0.717) is 5.06 Å². The summed E-state index contributed by atoms with van der Waals surface area (Å²) in [6.07, 6.45) is 3.13. The van der Waals surface area contributed by atoms with Crippen LogP contribution >= 0.6 is 0 Å². The molecule has 30 heavy (non-hydrogen) atoms. The van der Waals surface area contributed by atoms with E-state index >= 15 is 0 Å². The maximum Gasteiger partial charge on any atom is 1.00 e. The van der Waals surface area contributed by atoms with Gasteiger partial charge < -0.3 is 25.1 Å². The summed E-state index contributed by atoms with van der Waals surface area (Å²) in [6.45, 7) is -0.597. The summed E-state index contributed by atoms with van der Waals surface area (Å²) in [5.74, 6) is -1.96. The van der Waals surface area contributed by atoms with Crippen LogP contribution in [0.4, 0.5) is 4.79 Å². The molecule has 2 aliphatic rings. The Bertz CT molecular complexity index is 965. The van der Waals surface area contributed by atoms with Gasteiger partial charge in [-0.15, -0.1) is 0 Å². The number of urea groups is 1. The van der Waals surface area contributed by atoms with Gasteiger partial charge in [0.2, 0.25) is 16.3 Å². The number of primary amides is 1. The second-order valence-corrected chi connectivity index (χ2v) is 7.46. The number of ketones is 1. The number of imidazole rings is 1. The van der Waals surface area contributed by atoms with E-state index < -0.39 is 46.1 Å². The molecule has 0 aromatic carbocycles. The molecule has 158 valence electrons. The summed E-state index contributed by atoms with van der Waals surface area (Å²) < 4.78 is 37.7. The Hall–Kier alpha value is -2.04. The van der Waals surface area contributed by atoms with Gasteiger partial charge in [0.1, 0.15) is 6.04 Å². The fourth-order valence-electron chi connectivity index (χ4n) is 3.31. The third kappa shape index (κ3) is 5.35. The fraction of sp³-hybridized carbons (Fsp3) is 0.500. The summed E-state index contributed by atoms with van der Waals surface area (Å²) >= 11 is 0. The smallest absolute Gasteiger partial charge is 0.724 e. The molecule has 0 unspecified atom stereocenters. The number of hydrogen-bond donors (Lipinski definition) is 2. The van der Waals surface area contributed by atoms with Gasteiger partial charge in [0, 0.05) is 18.9 Å². The molecule has 2 atom stereocenters. The number of Topliss-reactive ketones (excluding diaryl/α,β-unsaturated/α-hetero) is 1. The molecule has 1 aromatic heterocycles. The van der Waals surface area contributed by atoms with Crippen LogP contribution in [0.2, 0.25) is 0 Å². The molecule has 1 aromatic rings. The van der Waals surface area contributed by atoms with Crippen LogP contribution in [0.25, 0.3) is 0 Å². The second-order valence-electron chi connectivity index (χ2n) is 6.49.